The van der Waals surface area contributed by atoms with Crippen molar-refractivity contribution in [1.29, 1.82) is 0 Å². The molecule has 5 N–H and O–H groups in total. The maximum Gasteiger partial charge on any atom is 0.323 e. The molecule has 0 spiro atoms. The lowest BCUT2D eigenvalue weighted by Crippen LogP contribution is -2.39. The minimum atomic E-state index is -0.502. The average Bonchev–Trinajstić information content (AvgIpc) is 3.35. The van der Waals surface area contributed by atoms with Crippen molar-refractivity contribution in [3.63, 3.8) is 0 Å². The minimum absolute atomic E-state index is 0.188. The molecule has 1 aromatic heterocycles. The number of hydrogen-bond acceptors (Lipinski definition) is 8. The second-order valence-corrected chi connectivity index (χ2v) is 9.75. The van der Waals surface area contributed by atoms with E-state index in [9.17, 15) is 14.7 Å². The number of phenolic OH excluding ortho intramolecular Hbond substituents is 1. The number of phenols is 1. The van der Waals surface area contributed by atoms with Crippen molar-refractivity contribution in [1.82, 2.24) is 16.1 Å². The predicted molar refractivity (Wildman–Crippen MR) is 143 cm³/mol. The number of hydrogen-bond donors (Lipinski definition) is 5. The van der Waals surface area contributed by atoms with Crippen LogP contribution in [0.4, 0.5) is 0 Å². The third kappa shape index (κ3) is 7.14. The fourth-order valence-electron chi connectivity index (χ4n) is 3.97. The van der Waals surface area contributed by atoms with E-state index < -0.39 is 11.9 Å². The molecule has 4 aromatic rings. The number of aromatic hydroxyl groups is 1. The van der Waals surface area contributed by atoms with Gasteiger partial charge in [0.2, 0.25) is 0 Å². The second kappa shape index (κ2) is 12.5. The Morgan fingerprint density at radius 3 is 2.16 bits per heavy atom. The third-order valence-corrected chi connectivity index (χ3v) is 7.10. The fraction of sp³-hybridized carbons (Fsp3) is 0.214. The summed E-state index contributed by atoms with van der Waals surface area (Å²) in [7, 11) is 1.38. The van der Waals surface area contributed by atoms with Crippen LogP contribution in [0.2, 0.25) is 0 Å². The van der Waals surface area contributed by atoms with Crippen LogP contribution in [0.25, 0.3) is 10.1 Å². The summed E-state index contributed by atoms with van der Waals surface area (Å²) >= 11 is 1.34. The number of nitrogens with one attached hydrogen (secondary N) is 3. The van der Waals surface area contributed by atoms with Gasteiger partial charge < -0.3 is 20.5 Å². The first-order valence-corrected chi connectivity index (χ1v) is 12.6. The third-order valence-electron chi connectivity index (χ3n) is 6.01. The Kier molecular flexibility index (Phi) is 8.86. The maximum absolute atomic E-state index is 12.2. The van der Waals surface area contributed by atoms with Gasteiger partial charge in [0.25, 0.3) is 5.91 Å². The lowest BCUT2D eigenvalue weighted by atomic mass is 10.0. The Hall–Kier alpha value is -3.76. The Balaban J connectivity index is 1.28. The summed E-state index contributed by atoms with van der Waals surface area (Å²) in [5.41, 5.74) is 5.89. The molecule has 37 heavy (non-hydrogen) atoms. The first-order valence-electron chi connectivity index (χ1n) is 11.8. The molecule has 1 amide bonds. The largest absolute Gasteiger partial charge is 0.508 e. The average molecular weight is 520 g/mol. The van der Waals surface area contributed by atoms with Crippen LogP contribution in [0.15, 0.2) is 72.8 Å². The minimum Gasteiger partial charge on any atom is -0.508 e. The van der Waals surface area contributed by atoms with Crippen LogP contribution in [0.1, 0.15) is 31.9 Å². The van der Waals surface area contributed by atoms with E-state index in [0.717, 1.165) is 32.3 Å². The zero-order valence-electron chi connectivity index (χ0n) is 20.4. The molecule has 0 aliphatic rings. The summed E-state index contributed by atoms with van der Waals surface area (Å²) in [6.07, 6.45) is 0.460. The van der Waals surface area contributed by atoms with Gasteiger partial charge in [-0.15, -0.1) is 11.3 Å². The lowest BCUT2D eigenvalue weighted by molar-refractivity contribution is -0.143. The fourth-order valence-corrected chi connectivity index (χ4v) is 4.98. The molecule has 0 saturated carbocycles. The maximum atomic E-state index is 12.2. The molecule has 0 saturated heterocycles. The van der Waals surface area contributed by atoms with Crippen LogP contribution in [0.3, 0.4) is 0 Å². The van der Waals surface area contributed by atoms with Crippen LogP contribution in [-0.4, -0.2) is 35.3 Å². The summed E-state index contributed by atoms with van der Waals surface area (Å²) in [5, 5.41) is 26.0. The topological polar surface area (TPSA) is 120 Å². The highest BCUT2D eigenvalue weighted by molar-refractivity contribution is 7.20. The number of hydroxylamine groups is 1. The molecule has 8 nitrogen and oxygen atoms in total. The lowest BCUT2D eigenvalue weighted by Gasteiger charge is -2.17. The zero-order chi connectivity index (χ0) is 26.2. The van der Waals surface area contributed by atoms with Gasteiger partial charge in [-0.3, -0.25) is 14.8 Å². The number of fused-ring (bicyclic) bond motifs is 1. The van der Waals surface area contributed by atoms with E-state index in [-0.39, 0.29) is 11.7 Å². The molecule has 4 rings (SSSR count). The molecule has 9 heteroatoms. The highest BCUT2D eigenvalue weighted by Gasteiger charge is 2.19. The predicted octanol–water partition coefficient (Wildman–Crippen LogP) is 3.89. The number of amides is 1. The molecule has 1 heterocycles. The number of ether oxygens (including phenoxy) is 1. The Labute approximate surface area is 218 Å². The van der Waals surface area contributed by atoms with Crippen molar-refractivity contribution in [2.45, 2.75) is 32.1 Å². The first kappa shape index (κ1) is 26.3. The molecular weight excluding hydrogens is 490 g/mol. The smallest absolute Gasteiger partial charge is 0.323 e. The van der Waals surface area contributed by atoms with Gasteiger partial charge in [0, 0.05) is 24.3 Å². The van der Waals surface area contributed by atoms with Gasteiger partial charge in [0.15, 0.2) is 0 Å². The molecule has 0 aliphatic carbocycles. The number of benzene rings is 3. The van der Waals surface area contributed by atoms with E-state index in [1.807, 2.05) is 30.3 Å². The first-order chi connectivity index (χ1) is 17.9. The van der Waals surface area contributed by atoms with Crippen LogP contribution in [0.5, 0.6) is 5.75 Å². The van der Waals surface area contributed by atoms with E-state index in [4.69, 9.17) is 9.94 Å². The van der Waals surface area contributed by atoms with Gasteiger partial charge in [0.1, 0.15) is 11.8 Å². The van der Waals surface area contributed by atoms with Crippen molar-refractivity contribution in [2.75, 3.05) is 7.11 Å². The van der Waals surface area contributed by atoms with Gasteiger partial charge in [-0.05, 0) is 58.3 Å². The van der Waals surface area contributed by atoms with E-state index in [1.54, 1.807) is 35.8 Å². The summed E-state index contributed by atoms with van der Waals surface area (Å²) < 4.78 is 5.94. The van der Waals surface area contributed by atoms with Gasteiger partial charge in [-0.1, -0.05) is 48.5 Å². The number of rotatable bonds is 11. The van der Waals surface area contributed by atoms with E-state index in [1.165, 1.54) is 18.4 Å². The Bertz CT molecular complexity index is 1350. The molecule has 0 radical (unpaired) electrons. The monoisotopic (exact) mass is 519 g/mol. The summed E-state index contributed by atoms with van der Waals surface area (Å²) in [6.45, 7) is 1.89. The number of methoxy groups -OCH3 is 1. The van der Waals surface area contributed by atoms with E-state index >= 15 is 0 Å². The summed E-state index contributed by atoms with van der Waals surface area (Å²) in [6, 6.07) is 22.3. The van der Waals surface area contributed by atoms with Crippen molar-refractivity contribution in [2.24, 2.45) is 0 Å². The zero-order valence-corrected chi connectivity index (χ0v) is 21.2. The van der Waals surface area contributed by atoms with Gasteiger partial charge in [-0.25, -0.2) is 5.48 Å². The highest BCUT2D eigenvalue weighted by atomic mass is 32.1. The Morgan fingerprint density at radius 2 is 1.49 bits per heavy atom. The summed E-state index contributed by atoms with van der Waals surface area (Å²) in [5.74, 6) is -0.645. The number of esters is 1. The molecular formula is C28H29N3O5S. The summed E-state index contributed by atoms with van der Waals surface area (Å²) in [4.78, 5) is 24.3. The molecule has 192 valence electrons. The molecule has 0 aliphatic heterocycles. The SMILES string of the molecule is COC(=O)[C@H](Cc1ccc(O)cc1)NCc1ccc(CNCc2ccc3cc(C(=O)NO)sc3c2)cc1. The standard InChI is InChI=1S/C28H29N3O5S/c1-36-28(34)24(12-18-7-10-23(32)11-8-18)30-17-20-4-2-19(3-5-20)15-29-16-21-6-9-22-14-26(27(33)31-35)37-25(22)13-21/h2-11,13-14,24,29-30,32,35H,12,15-17H2,1H3,(H,31,33)/t24-/m0/s1. The highest BCUT2D eigenvalue weighted by Crippen LogP contribution is 2.26. The molecule has 0 unspecified atom stereocenters. The van der Waals surface area contributed by atoms with E-state index in [2.05, 4.69) is 22.8 Å². The quantitative estimate of drug-likeness (QED) is 0.116. The number of thiophene rings is 1. The number of carbonyl (C=O) groups is 2. The van der Waals surface area contributed by atoms with Crippen molar-refractivity contribution >= 4 is 33.3 Å². The van der Waals surface area contributed by atoms with Crippen LogP contribution in [-0.2, 0) is 35.6 Å². The van der Waals surface area contributed by atoms with Crippen molar-refractivity contribution < 1.29 is 24.6 Å². The second-order valence-electron chi connectivity index (χ2n) is 8.67. The van der Waals surface area contributed by atoms with Gasteiger partial charge >= 0.3 is 5.97 Å². The molecule has 0 fully saturated rings. The van der Waals surface area contributed by atoms with Gasteiger partial charge in [0.05, 0.1) is 12.0 Å². The van der Waals surface area contributed by atoms with E-state index in [0.29, 0.717) is 30.9 Å². The molecule has 1 atom stereocenters. The molecule has 3 aromatic carbocycles. The Morgan fingerprint density at radius 1 is 0.865 bits per heavy atom. The van der Waals surface area contributed by atoms with Crippen molar-refractivity contribution in [3.8, 4) is 5.75 Å². The van der Waals surface area contributed by atoms with Crippen LogP contribution in [0, 0.1) is 0 Å². The van der Waals surface area contributed by atoms with Crippen LogP contribution < -0.4 is 16.1 Å². The van der Waals surface area contributed by atoms with Crippen LogP contribution >= 0.6 is 11.3 Å². The van der Waals surface area contributed by atoms with Gasteiger partial charge in [-0.2, -0.15) is 0 Å². The normalized spacial score (nSPS) is 11.8. The molecule has 0 bridgehead atoms. The number of carbonyl (C=O) groups excluding carboxylic acids is 2. The van der Waals surface area contributed by atoms with Crippen molar-refractivity contribution in [3.05, 3.63) is 99.9 Å².